The molecule has 0 aromatic carbocycles. The van der Waals surface area contributed by atoms with Crippen molar-refractivity contribution >= 4 is 0 Å². The summed E-state index contributed by atoms with van der Waals surface area (Å²) in [6.45, 7) is 13.4. The smallest absolute Gasteiger partial charge is 0.157 e. The van der Waals surface area contributed by atoms with Crippen LogP contribution in [0.5, 0.6) is 0 Å². The highest BCUT2D eigenvalue weighted by molar-refractivity contribution is 4.82. The summed E-state index contributed by atoms with van der Waals surface area (Å²) in [5, 5.41) is 0. The molecule has 10 heteroatoms. The predicted molar refractivity (Wildman–Crippen MR) is 281 cm³/mol. The quantitative estimate of drug-likeness (QED) is 0.0258. The average molecular weight is 977 g/mol. The number of unbranched alkanes of at least 4 members (excludes halogenated alkanes) is 26. The molecule has 0 radical (unpaired) electrons. The minimum atomic E-state index is -0.257. The van der Waals surface area contributed by atoms with Crippen molar-refractivity contribution in [2.75, 3.05) is 114 Å². The highest BCUT2D eigenvalue weighted by Gasteiger charge is 2.23. The molecule has 0 saturated carbocycles. The van der Waals surface area contributed by atoms with E-state index in [4.69, 9.17) is 37.9 Å². The highest BCUT2D eigenvalue weighted by atomic mass is 35.5. The fourth-order valence-corrected chi connectivity index (χ4v) is 8.27. The summed E-state index contributed by atoms with van der Waals surface area (Å²) in [7, 11) is 8.08. The molecule has 0 N–H and O–H groups in total. The van der Waals surface area contributed by atoms with E-state index in [-0.39, 0.29) is 24.8 Å². The van der Waals surface area contributed by atoms with E-state index in [1.54, 1.807) is 14.2 Å². The van der Waals surface area contributed by atoms with Crippen LogP contribution in [-0.4, -0.2) is 131 Å². The van der Waals surface area contributed by atoms with E-state index < -0.39 is 0 Å². The van der Waals surface area contributed by atoms with Gasteiger partial charge in [0.1, 0.15) is 12.6 Å². The molecule has 0 saturated heterocycles. The number of likely N-dealkylation sites (N-methyl/N-ethyl adjacent to an activating group) is 1. The third-order valence-electron chi connectivity index (χ3n) is 12.4. The molecule has 0 amide bonds. The van der Waals surface area contributed by atoms with Gasteiger partial charge in [-0.1, -0.05) is 154 Å². The minimum Gasteiger partial charge on any atom is -1.00 e. The lowest BCUT2D eigenvalue weighted by atomic mass is 10.1. The maximum Gasteiger partial charge on any atom is 0.157 e. The predicted octanol–water partition coefficient (Wildman–Crippen LogP) is 11.8. The van der Waals surface area contributed by atoms with Crippen LogP contribution in [0.2, 0.25) is 0 Å². The van der Waals surface area contributed by atoms with Gasteiger partial charge in [-0.15, -0.1) is 0 Å². The summed E-state index contributed by atoms with van der Waals surface area (Å²) >= 11 is 0. The van der Waals surface area contributed by atoms with Crippen LogP contribution in [-0.2, 0) is 37.9 Å². The molecule has 1 atom stereocenters. The van der Waals surface area contributed by atoms with Crippen molar-refractivity contribution in [1.82, 2.24) is 0 Å². The maximum absolute atomic E-state index is 6.60. The largest absolute Gasteiger partial charge is 1.00 e. The molecule has 0 aliphatic rings. The maximum atomic E-state index is 6.60. The Balaban J connectivity index is 0. The number of nitrogens with zero attached hydrogens (tertiary/aromatic N) is 1. The summed E-state index contributed by atoms with van der Waals surface area (Å²) in [5.41, 5.74) is 0. The van der Waals surface area contributed by atoms with Crippen molar-refractivity contribution in [3.63, 3.8) is 0 Å². The van der Waals surface area contributed by atoms with Crippen molar-refractivity contribution in [1.29, 1.82) is 0 Å². The van der Waals surface area contributed by atoms with Crippen molar-refractivity contribution < 1.29 is 54.8 Å². The molecule has 0 heterocycles. The zero-order chi connectivity index (χ0) is 48.0. The molecule has 0 aliphatic heterocycles. The number of quaternary nitrogens is 1. The van der Waals surface area contributed by atoms with E-state index in [0.717, 1.165) is 69.3 Å². The molecule has 0 aliphatic carbocycles. The van der Waals surface area contributed by atoms with E-state index in [1.165, 1.54) is 167 Å². The van der Waals surface area contributed by atoms with Crippen LogP contribution in [0.25, 0.3) is 0 Å². The van der Waals surface area contributed by atoms with Crippen molar-refractivity contribution in [2.45, 2.75) is 232 Å². The van der Waals surface area contributed by atoms with Gasteiger partial charge in [-0.05, 0) is 89.9 Å². The first-order chi connectivity index (χ1) is 32.5. The first-order valence-corrected chi connectivity index (χ1v) is 28.2. The summed E-state index contributed by atoms with van der Waals surface area (Å²) < 4.78 is 47.3. The van der Waals surface area contributed by atoms with E-state index in [0.29, 0.717) is 59.5 Å². The second-order valence-corrected chi connectivity index (χ2v) is 19.5. The van der Waals surface area contributed by atoms with Crippen LogP contribution < -0.4 is 12.4 Å². The number of methoxy groups -OCH3 is 2. The number of hydrogen-bond acceptors (Lipinski definition) is 8. The average Bonchev–Trinajstić information content (AvgIpc) is 3.31. The first-order valence-electron chi connectivity index (χ1n) is 28.2. The molecule has 1 unspecified atom stereocenters. The van der Waals surface area contributed by atoms with Crippen molar-refractivity contribution in [2.24, 2.45) is 0 Å². The third-order valence-corrected chi connectivity index (χ3v) is 12.4. The molecule has 0 bridgehead atoms. The van der Waals surface area contributed by atoms with E-state index in [1.807, 2.05) is 0 Å². The van der Waals surface area contributed by atoms with Gasteiger partial charge >= 0.3 is 0 Å². The highest BCUT2D eigenvalue weighted by Crippen LogP contribution is 2.15. The second-order valence-electron chi connectivity index (χ2n) is 19.5. The van der Waals surface area contributed by atoms with Crippen LogP contribution in [0.4, 0.5) is 0 Å². The van der Waals surface area contributed by atoms with Crippen LogP contribution >= 0.6 is 0 Å². The fourth-order valence-electron chi connectivity index (χ4n) is 8.27. The van der Waals surface area contributed by atoms with Crippen LogP contribution in [0.1, 0.15) is 219 Å². The SMILES string of the molecule is CCCCCCCCC=CCCCCCCCCOCC(C[N+](C)(C)CCCCCC(OCCOCCOC)OCCOCCOC)OCCCCCCCCC=CCCCCCCCC.[Cl-]. The monoisotopic (exact) mass is 976 g/mol. The van der Waals surface area contributed by atoms with Crippen LogP contribution in [0, 0.1) is 0 Å². The molecule has 0 fully saturated rings. The zero-order valence-corrected chi connectivity index (χ0v) is 46.1. The molecule has 0 aromatic heterocycles. The van der Waals surface area contributed by atoms with Gasteiger partial charge in [0.05, 0.1) is 80.1 Å². The molecule has 402 valence electrons. The van der Waals surface area contributed by atoms with Gasteiger partial charge in [-0.3, -0.25) is 0 Å². The van der Waals surface area contributed by atoms with Gasteiger partial charge in [0.2, 0.25) is 0 Å². The molecule has 0 spiro atoms. The minimum absolute atomic E-state index is 0. The van der Waals surface area contributed by atoms with Gasteiger partial charge in [-0.25, -0.2) is 0 Å². The summed E-state index contributed by atoms with van der Waals surface area (Å²) in [6.07, 6.45) is 50.9. The fraction of sp³-hybridized carbons (Fsp3) is 0.930. The number of halogens is 1. The molecule has 67 heavy (non-hydrogen) atoms. The molecular formula is C57H114ClNO8. The van der Waals surface area contributed by atoms with Crippen LogP contribution in [0.3, 0.4) is 0 Å². The van der Waals surface area contributed by atoms with Gasteiger partial charge in [-0.2, -0.15) is 0 Å². The molecular weight excluding hydrogens is 862 g/mol. The van der Waals surface area contributed by atoms with Gasteiger partial charge in [0.25, 0.3) is 0 Å². The van der Waals surface area contributed by atoms with Gasteiger partial charge in [0.15, 0.2) is 6.29 Å². The summed E-state index contributed by atoms with van der Waals surface area (Å²) in [5.74, 6) is 0. The van der Waals surface area contributed by atoms with Crippen LogP contribution in [0.15, 0.2) is 24.3 Å². The Hall–Kier alpha value is -0.590. The Morgan fingerprint density at radius 2 is 0.761 bits per heavy atom. The van der Waals surface area contributed by atoms with E-state index >= 15 is 0 Å². The number of ether oxygens (including phenoxy) is 8. The Morgan fingerprint density at radius 3 is 1.21 bits per heavy atom. The first kappa shape index (κ1) is 68.5. The number of allylic oxidation sites excluding steroid dienone is 4. The molecule has 0 rings (SSSR count). The van der Waals surface area contributed by atoms with Crippen molar-refractivity contribution in [3.8, 4) is 0 Å². The standard InChI is InChI=1S/C57H114NO8.ClH/c1-7-9-11-13-15-17-19-21-23-25-27-29-31-33-35-40-44-63-55-56(64-45-41-36-34-32-30-28-26-24-22-20-18-16-14-12-10-8-2)54-58(3,4)43-39-37-38-42-57(65-52-50-61-48-46-59-5)66-53-51-62-49-47-60-6;/h21-24,56-57H,7-20,25-55H2,1-6H3;1H/q+1;/p-1. The molecule has 9 nitrogen and oxygen atoms in total. The normalized spacial score (nSPS) is 12.6. The molecule has 0 aromatic rings. The number of rotatable bonds is 57. The zero-order valence-electron chi connectivity index (χ0n) is 45.4. The Kier molecular flexibility index (Phi) is 59.3. The lowest BCUT2D eigenvalue weighted by Gasteiger charge is -2.33. The Morgan fingerprint density at radius 1 is 0.373 bits per heavy atom. The second kappa shape index (κ2) is 58.0. The lowest BCUT2D eigenvalue weighted by Crippen LogP contribution is -3.00. The Labute approximate surface area is 423 Å². The van der Waals surface area contributed by atoms with E-state index in [2.05, 4.69) is 52.2 Å². The van der Waals surface area contributed by atoms with Crippen molar-refractivity contribution in [3.05, 3.63) is 24.3 Å². The topological polar surface area (TPSA) is 73.8 Å². The third kappa shape index (κ3) is 56.2. The summed E-state index contributed by atoms with van der Waals surface area (Å²) in [4.78, 5) is 0. The van der Waals surface area contributed by atoms with Gasteiger partial charge < -0.3 is 54.8 Å². The summed E-state index contributed by atoms with van der Waals surface area (Å²) in [6, 6.07) is 0. The lowest BCUT2D eigenvalue weighted by molar-refractivity contribution is -0.893. The van der Waals surface area contributed by atoms with Gasteiger partial charge in [0, 0.05) is 27.4 Å². The Bertz CT molecular complexity index is 956. The van der Waals surface area contributed by atoms with E-state index in [9.17, 15) is 0 Å². The number of hydrogen-bond donors (Lipinski definition) is 0.